The molecule has 5 heterocycles. The quantitative estimate of drug-likeness (QED) is 0.691. The highest BCUT2D eigenvalue weighted by Crippen LogP contribution is 2.46. The Bertz CT molecular complexity index is 1020. The van der Waals surface area contributed by atoms with Crippen LogP contribution in [0.5, 0.6) is 0 Å². The zero-order valence-corrected chi connectivity index (χ0v) is 19.3. The van der Waals surface area contributed by atoms with E-state index in [0.717, 1.165) is 24.3 Å². The largest absolute Gasteiger partial charge is 0.394 e. The Morgan fingerprint density at radius 3 is 2.53 bits per heavy atom. The molecule has 0 amide bonds. The second-order valence-electron chi connectivity index (χ2n) is 10.3. The third-order valence-electron chi connectivity index (χ3n) is 7.49. The van der Waals surface area contributed by atoms with Gasteiger partial charge in [-0.15, -0.1) is 0 Å². The second-order valence-corrected chi connectivity index (χ2v) is 10.6. The van der Waals surface area contributed by atoms with Crippen LogP contribution in [0.25, 0.3) is 11.0 Å². The van der Waals surface area contributed by atoms with E-state index in [1.807, 2.05) is 20.0 Å². The van der Waals surface area contributed by atoms with Gasteiger partial charge in [-0.05, 0) is 38.3 Å². The average molecular weight is 464 g/mol. The molecule has 4 aliphatic rings. The highest BCUT2D eigenvalue weighted by atomic mass is 35.5. The number of nitrogens with zero attached hydrogens (tertiary/aromatic N) is 5. The van der Waals surface area contributed by atoms with Crippen LogP contribution >= 0.6 is 11.6 Å². The number of anilines is 1. The van der Waals surface area contributed by atoms with Crippen LogP contribution in [0.15, 0.2) is 6.20 Å². The summed E-state index contributed by atoms with van der Waals surface area (Å²) in [5.41, 5.74) is 1.13. The first-order valence-corrected chi connectivity index (χ1v) is 12.0. The topological polar surface area (TPSA) is 94.8 Å². The molecule has 1 spiro atoms. The lowest BCUT2D eigenvalue weighted by molar-refractivity contribution is -0.191. The second kappa shape index (κ2) is 7.50. The number of rotatable bonds is 4. The number of fused-ring (bicyclic) bond motifs is 2. The molecule has 1 aliphatic carbocycles. The molecule has 0 radical (unpaired) electrons. The first kappa shape index (κ1) is 21.0. The molecular formula is C22H30ClN5O4. The number of aliphatic hydroxyl groups excluding tert-OH is 1. The summed E-state index contributed by atoms with van der Waals surface area (Å²) in [4.78, 5) is 11.4. The van der Waals surface area contributed by atoms with Crippen molar-refractivity contribution in [1.29, 1.82) is 0 Å². The van der Waals surface area contributed by atoms with Crippen molar-refractivity contribution in [2.24, 2.45) is 5.41 Å². The summed E-state index contributed by atoms with van der Waals surface area (Å²) in [7, 11) is 0. The van der Waals surface area contributed by atoms with Gasteiger partial charge in [0.25, 0.3) is 0 Å². The van der Waals surface area contributed by atoms with E-state index in [1.54, 1.807) is 4.68 Å². The Hall–Kier alpha value is -1.52. The predicted octanol–water partition coefficient (Wildman–Crippen LogP) is 2.53. The van der Waals surface area contributed by atoms with Crippen molar-refractivity contribution in [3.8, 4) is 0 Å². The van der Waals surface area contributed by atoms with E-state index in [1.165, 1.54) is 32.1 Å². The van der Waals surface area contributed by atoms with Gasteiger partial charge in [0.05, 0.1) is 24.7 Å². The van der Waals surface area contributed by atoms with Crippen molar-refractivity contribution in [2.75, 3.05) is 24.6 Å². The van der Waals surface area contributed by atoms with Crippen LogP contribution in [0.2, 0.25) is 5.28 Å². The molecule has 0 aromatic carbocycles. The fraction of sp³-hybridized carbons (Fsp3) is 0.773. The van der Waals surface area contributed by atoms with E-state index in [2.05, 4.69) is 20.0 Å². The Morgan fingerprint density at radius 2 is 1.81 bits per heavy atom. The molecule has 3 aliphatic heterocycles. The SMILES string of the molecule is CC1(C)O[C@@H]2[C@H](O1)[C@@H](CO)O[C@H]2Cn1ncc2c(N3CC4(CCCCC4)C3)nc(Cl)nc21. The van der Waals surface area contributed by atoms with Crippen LogP contribution < -0.4 is 4.90 Å². The van der Waals surface area contributed by atoms with Gasteiger partial charge in [0.1, 0.15) is 30.2 Å². The van der Waals surface area contributed by atoms with Crippen LogP contribution in [0.3, 0.4) is 0 Å². The lowest BCUT2D eigenvalue weighted by Gasteiger charge is -2.53. The standard InChI is InChI=1S/C22H30ClN5O4/c1-21(2)31-16-14(30-15(10-29)17(16)32-21)9-28-19-13(8-24-28)18(25-20(23)26-19)27-11-22(12-27)6-4-3-5-7-22/h8,14-17,29H,3-7,9-12H2,1-2H3/t14-,15+,16-,17+/m0/s1. The summed E-state index contributed by atoms with van der Waals surface area (Å²) in [6.45, 7) is 6.11. The molecule has 0 bridgehead atoms. The van der Waals surface area contributed by atoms with E-state index in [0.29, 0.717) is 17.6 Å². The van der Waals surface area contributed by atoms with Crippen LogP contribution in [-0.4, -0.2) is 74.8 Å². The van der Waals surface area contributed by atoms with Gasteiger partial charge < -0.3 is 24.2 Å². The first-order chi connectivity index (χ1) is 15.4. The van der Waals surface area contributed by atoms with Gasteiger partial charge in [0.2, 0.25) is 5.28 Å². The van der Waals surface area contributed by atoms with Crippen LogP contribution in [0.4, 0.5) is 5.82 Å². The van der Waals surface area contributed by atoms with Gasteiger partial charge in [-0.25, -0.2) is 4.68 Å². The van der Waals surface area contributed by atoms with Crippen molar-refractivity contribution < 1.29 is 19.3 Å². The van der Waals surface area contributed by atoms with E-state index < -0.39 is 11.9 Å². The summed E-state index contributed by atoms with van der Waals surface area (Å²) < 4.78 is 19.9. The molecule has 32 heavy (non-hydrogen) atoms. The van der Waals surface area contributed by atoms with Crippen molar-refractivity contribution in [1.82, 2.24) is 19.7 Å². The lowest BCUT2D eigenvalue weighted by Crippen LogP contribution is -2.57. The monoisotopic (exact) mass is 463 g/mol. The maximum Gasteiger partial charge on any atom is 0.226 e. The molecule has 174 valence electrons. The van der Waals surface area contributed by atoms with E-state index in [4.69, 9.17) is 25.8 Å². The molecule has 2 aromatic rings. The Labute approximate surface area is 192 Å². The summed E-state index contributed by atoms with van der Waals surface area (Å²) in [6.07, 6.45) is 7.12. The minimum atomic E-state index is -0.706. The maximum atomic E-state index is 9.74. The minimum Gasteiger partial charge on any atom is -0.394 e. The highest BCUT2D eigenvalue weighted by molar-refractivity contribution is 6.28. The van der Waals surface area contributed by atoms with Crippen molar-refractivity contribution in [2.45, 2.75) is 82.7 Å². The van der Waals surface area contributed by atoms with Crippen LogP contribution in [-0.2, 0) is 20.8 Å². The smallest absolute Gasteiger partial charge is 0.226 e. The third kappa shape index (κ3) is 3.40. The van der Waals surface area contributed by atoms with Crippen LogP contribution in [0, 0.1) is 5.41 Å². The van der Waals surface area contributed by atoms with E-state index in [9.17, 15) is 5.11 Å². The summed E-state index contributed by atoms with van der Waals surface area (Å²) in [6, 6.07) is 0. The summed E-state index contributed by atoms with van der Waals surface area (Å²) in [5.74, 6) is 0.157. The van der Waals surface area contributed by atoms with Crippen LogP contribution in [0.1, 0.15) is 46.0 Å². The molecule has 6 rings (SSSR count). The highest BCUT2D eigenvalue weighted by Gasteiger charge is 2.55. The summed E-state index contributed by atoms with van der Waals surface area (Å²) >= 11 is 6.34. The van der Waals surface area contributed by atoms with Gasteiger partial charge in [-0.3, -0.25) is 0 Å². The van der Waals surface area contributed by atoms with Gasteiger partial charge in [-0.1, -0.05) is 19.3 Å². The molecule has 2 aromatic heterocycles. The van der Waals surface area contributed by atoms with Gasteiger partial charge in [-0.2, -0.15) is 15.1 Å². The average Bonchev–Trinajstić information content (AvgIpc) is 3.38. The van der Waals surface area contributed by atoms with Crippen molar-refractivity contribution in [3.63, 3.8) is 0 Å². The number of halogens is 1. The normalized spacial score (nSPS) is 33.1. The predicted molar refractivity (Wildman–Crippen MR) is 118 cm³/mol. The van der Waals surface area contributed by atoms with Gasteiger partial charge in [0, 0.05) is 18.5 Å². The molecule has 1 N–H and O–H groups in total. The molecule has 1 saturated carbocycles. The Balaban J connectivity index is 1.26. The van der Waals surface area contributed by atoms with Gasteiger partial charge >= 0.3 is 0 Å². The molecule has 4 fully saturated rings. The summed E-state index contributed by atoms with van der Waals surface area (Å²) in [5, 5.41) is 15.5. The molecule has 10 heteroatoms. The van der Waals surface area contributed by atoms with E-state index in [-0.39, 0.29) is 30.2 Å². The number of hydrogen-bond donors (Lipinski definition) is 1. The lowest BCUT2D eigenvalue weighted by atomic mass is 9.68. The molecule has 0 unspecified atom stereocenters. The van der Waals surface area contributed by atoms with E-state index >= 15 is 0 Å². The number of aliphatic hydroxyl groups is 1. The fourth-order valence-electron chi connectivity index (χ4n) is 6.06. The number of hydrogen-bond acceptors (Lipinski definition) is 8. The molecular weight excluding hydrogens is 434 g/mol. The van der Waals surface area contributed by atoms with Crippen molar-refractivity contribution in [3.05, 3.63) is 11.5 Å². The first-order valence-electron chi connectivity index (χ1n) is 11.6. The fourth-order valence-corrected chi connectivity index (χ4v) is 6.22. The molecule has 9 nitrogen and oxygen atoms in total. The van der Waals surface area contributed by atoms with Crippen molar-refractivity contribution >= 4 is 28.5 Å². The number of aromatic nitrogens is 4. The molecule has 4 atom stereocenters. The number of ether oxygens (including phenoxy) is 3. The third-order valence-corrected chi connectivity index (χ3v) is 7.66. The zero-order valence-electron chi connectivity index (χ0n) is 18.5. The molecule has 3 saturated heterocycles. The Morgan fingerprint density at radius 1 is 1.09 bits per heavy atom. The zero-order chi connectivity index (χ0) is 22.1. The van der Waals surface area contributed by atoms with Gasteiger partial charge in [0.15, 0.2) is 11.4 Å². The maximum absolute atomic E-state index is 9.74. The Kier molecular flexibility index (Phi) is 4.93. The minimum absolute atomic E-state index is 0.119.